The Labute approximate surface area is 214 Å². The summed E-state index contributed by atoms with van der Waals surface area (Å²) in [6.45, 7) is 1.10. The number of ether oxygens (including phenoxy) is 3. The third-order valence-electron chi connectivity index (χ3n) is 5.77. The number of hydrogen-bond donors (Lipinski definition) is 6. The first-order valence-electron chi connectivity index (χ1n) is 11.5. The van der Waals surface area contributed by atoms with Crippen molar-refractivity contribution in [2.45, 2.75) is 37.6 Å². The molecule has 1 aliphatic rings. The quantitative estimate of drug-likeness (QED) is 0.172. The SMILES string of the molecule is CCOC(=O)CNC(=O)C1O[C@@H](Oc2cc3oc(-c4ccccc4)cc(=O)c3c(O)c2O)C(O)C(O)[C@@H]1O. The van der Waals surface area contributed by atoms with Gasteiger partial charge in [0, 0.05) is 17.7 Å². The van der Waals surface area contributed by atoms with Crippen molar-refractivity contribution < 1.29 is 53.7 Å². The summed E-state index contributed by atoms with van der Waals surface area (Å²) < 4.78 is 21.2. The Hall–Kier alpha value is -4.17. The van der Waals surface area contributed by atoms with E-state index in [2.05, 4.69) is 5.32 Å². The van der Waals surface area contributed by atoms with E-state index in [1.807, 2.05) is 0 Å². The molecule has 2 heterocycles. The summed E-state index contributed by atoms with van der Waals surface area (Å²) >= 11 is 0. The molecule has 13 heteroatoms. The molecule has 2 aromatic carbocycles. The number of phenolic OH excluding ortho intramolecular Hbond substituents is 2. The number of carbonyl (C=O) groups excluding carboxylic acids is 2. The van der Waals surface area contributed by atoms with Crippen LogP contribution in [0.1, 0.15) is 6.92 Å². The van der Waals surface area contributed by atoms with Crippen LogP contribution in [0.2, 0.25) is 0 Å². The third-order valence-corrected chi connectivity index (χ3v) is 5.77. The molecule has 0 aliphatic carbocycles. The molecule has 38 heavy (non-hydrogen) atoms. The summed E-state index contributed by atoms with van der Waals surface area (Å²) in [4.78, 5) is 36.7. The van der Waals surface area contributed by atoms with Gasteiger partial charge in [0.05, 0.1) is 6.61 Å². The summed E-state index contributed by atoms with van der Waals surface area (Å²) in [5.74, 6) is -3.93. The molecular formula is C25H25NO12. The van der Waals surface area contributed by atoms with Gasteiger partial charge in [0.25, 0.3) is 5.91 Å². The van der Waals surface area contributed by atoms with Gasteiger partial charge >= 0.3 is 5.97 Å². The number of amides is 1. The van der Waals surface area contributed by atoms with Crippen LogP contribution in [0.15, 0.2) is 51.7 Å². The van der Waals surface area contributed by atoms with Gasteiger partial charge in [0.1, 0.15) is 41.6 Å². The molecule has 5 atom stereocenters. The molecule has 13 nitrogen and oxygen atoms in total. The molecule has 1 amide bonds. The minimum absolute atomic E-state index is 0.0765. The number of rotatable bonds is 7. The third kappa shape index (κ3) is 5.26. The second kappa shape index (κ2) is 11.1. The topological polar surface area (TPSA) is 205 Å². The van der Waals surface area contributed by atoms with Gasteiger partial charge in [-0.25, -0.2) is 0 Å². The van der Waals surface area contributed by atoms with Crippen molar-refractivity contribution in [3.8, 4) is 28.6 Å². The lowest BCUT2D eigenvalue weighted by molar-refractivity contribution is -0.267. The summed E-state index contributed by atoms with van der Waals surface area (Å²) in [7, 11) is 0. The van der Waals surface area contributed by atoms with Crippen molar-refractivity contribution in [2.75, 3.05) is 13.2 Å². The first kappa shape index (κ1) is 26.9. The maximum Gasteiger partial charge on any atom is 0.325 e. The van der Waals surface area contributed by atoms with Crippen molar-refractivity contribution in [3.63, 3.8) is 0 Å². The molecule has 6 N–H and O–H groups in total. The normalized spacial score (nSPS) is 23.1. The largest absolute Gasteiger partial charge is 0.504 e. The molecule has 0 bridgehead atoms. The molecule has 3 aromatic rings. The van der Waals surface area contributed by atoms with Crippen LogP contribution in [0.3, 0.4) is 0 Å². The van der Waals surface area contributed by atoms with Crippen LogP contribution in [-0.4, -0.2) is 81.3 Å². The van der Waals surface area contributed by atoms with Crippen LogP contribution in [0.25, 0.3) is 22.3 Å². The van der Waals surface area contributed by atoms with E-state index in [0.717, 1.165) is 12.1 Å². The summed E-state index contributed by atoms with van der Waals surface area (Å²) in [5, 5.41) is 53.7. The fraction of sp³-hybridized carbons (Fsp3) is 0.320. The van der Waals surface area contributed by atoms with Crippen LogP contribution in [0.4, 0.5) is 0 Å². The number of hydrogen-bond acceptors (Lipinski definition) is 12. The Bertz CT molecular complexity index is 1390. The van der Waals surface area contributed by atoms with Crippen LogP contribution in [0, 0.1) is 0 Å². The molecule has 0 spiro atoms. The number of aromatic hydroxyl groups is 2. The van der Waals surface area contributed by atoms with Gasteiger partial charge in [0.2, 0.25) is 12.0 Å². The Morgan fingerprint density at radius 2 is 1.71 bits per heavy atom. The van der Waals surface area contributed by atoms with Gasteiger partial charge in [-0.15, -0.1) is 0 Å². The second-order valence-electron chi connectivity index (χ2n) is 8.32. The second-order valence-corrected chi connectivity index (χ2v) is 8.32. The Kier molecular flexibility index (Phi) is 7.83. The maximum absolute atomic E-state index is 12.7. The lowest BCUT2D eigenvalue weighted by Gasteiger charge is -2.39. The lowest BCUT2D eigenvalue weighted by Crippen LogP contribution is -2.63. The number of carbonyl (C=O) groups is 2. The number of aliphatic hydroxyl groups excluding tert-OH is 3. The fourth-order valence-corrected chi connectivity index (χ4v) is 3.86. The molecule has 1 saturated heterocycles. The van der Waals surface area contributed by atoms with Crippen LogP contribution in [0.5, 0.6) is 17.2 Å². The number of benzene rings is 2. The van der Waals surface area contributed by atoms with Crippen LogP contribution >= 0.6 is 0 Å². The highest BCUT2D eigenvalue weighted by Gasteiger charge is 2.48. The highest BCUT2D eigenvalue weighted by atomic mass is 16.7. The van der Waals surface area contributed by atoms with Crippen molar-refractivity contribution in [1.82, 2.24) is 5.32 Å². The van der Waals surface area contributed by atoms with Gasteiger partial charge in [-0.3, -0.25) is 14.4 Å². The van der Waals surface area contributed by atoms with E-state index in [1.165, 1.54) is 0 Å². The summed E-state index contributed by atoms with van der Waals surface area (Å²) in [6, 6.07) is 10.8. The number of nitrogens with one attached hydrogen (secondary N) is 1. The maximum atomic E-state index is 12.7. The zero-order valence-electron chi connectivity index (χ0n) is 19.9. The molecule has 4 rings (SSSR count). The zero-order chi connectivity index (χ0) is 27.6. The molecule has 3 unspecified atom stereocenters. The lowest BCUT2D eigenvalue weighted by atomic mass is 9.98. The number of phenols is 2. The van der Waals surface area contributed by atoms with Gasteiger partial charge in [-0.1, -0.05) is 30.3 Å². The van der Waals surface area contributed by atoms with Gasteiger partial charge in [-0.05, 0) is 6.92 Å². The predicted octanol–water partition coefficient (Wildman–Crippen LogP) is -0.263. The van der Waals surface area contributed by atoms with Crippen LogP contribution in [-0.2, 0) is 19.1 Å². The van der Waals surface area contributed by atoms with E-state index in [1.54, 1.807) is 37.3 Å². The molecule has 1 aliphatic heterocycles. The average molecular weight is 531 g/mol. The molecule has 1 aromatic heterocycles. The molecule has 0 radical (unpaired) electrons. The van der Waals surface area contributed by atoms with E-state index >= 15 is 0 Å². The summed E-state index contributed by atoms with van der Waals surface area (Å²) in [5.41, 5.74) is -0.284. The Balaban J connectivity index is 1.63. The smallest absolute Gasteiger partial charge is 0.325 e. The molecular weight excluding hydrogens is 506 g/mol. The van der Waals surface area contributed by atoms with Crippen molar-refractivity contribution in [1.29, 1.82) is 0 Å². The van der Waals surface area contributed by atoms with E-state index in [-0.39, 0.29) is 23.3 Å². The van der Waals surface area contributed by atoms with E-state index in [9.17, 15) is 39.9 Å². The molecule has 0 saturated carbocycles. The van der Waals surface area contributed by atoms with E-state index < -0.39 is 71.8 Å². The number of aliphatic hydroxyl groups is 3. The Morgan fingerprint density at radius 1 is 1.00 bits per heavy atom. The van der Waals surface area contributed by atoms with E-state index in [4.69, 9.17) is 18.6 Å². The van der Waals surface area contributed by atoms with E-state index in [0.29, 0.717) is 5.56 Å². The predicted molar refractivity (Wildman–Crippen MR) is 128 cm³/mol. The van der Waals surface area contributed by atoms with Crippen molar-refractivity contribution in [2.24, 2.45) is 0 Å². The first-order valence-corrected chi connectivity index (χ1v) is 11.5. The Morgan fingerprint density at radius 3 is 2.39 bits per heavy atom. The molecule has 1 fully saturated rings. The number of esters is 1. The van der Waals surface area contributed by atoms with Crippen molar-refractivity contribution >= 4 is 22.8 Å². The highest BCUT2D eigenvalue weighted by molar-refractivity contribution is 5.89. The molecule has 202 valence electrons. The van der Waals surface area contributed by atoms with Crippen LogP contribution < -0.4 is 15.5 Å². The summed E-state index contributed by atoms with van der Waals surface area (Å²) in [6.07, 6.45) is -9.41. The van der Waals surface area contributed by atoms with Gasteiger partial charge in [0.15, 0.2) is 23.0 Å². The minimum Gasteiger partial charge on any atom is -0.504 e. The first-order chi connectivity index (χ1) is 18.1. The standard InChI is InChI=1S/C25H25NO12/c1-2-35-16(28)10-26-24(34)23-21(32)20(31)22(33)25(38-23)37-15-9-14-17(19(30)18(15)29)12(27)8-13(36-14)11-6-4-3-5-7-11/h3-9,20-23,25,29-33H,2,10H2,1H3,(H,26,34)/t20?,21-,22?,23?,25+/m0/s1. The number of fused-ring (bicyclic) bond motifs is 1. The fourth-order valence-electron chi connectivity index (χ4n) is 3.86. The van der Waals surface area contributed by atoms with Gasteiger partial charge in [-0.2, -0.15) is 0 Å². The minimum atomic E-state index is -1.94. The highest BCUT2D eigenvalue weighted by Crippen LogP contribution is 2.42. The van der Waals surface area contributed by atoms with Gasteiger partial charge < -0.3 is 49.5 Å². The van der Waals surface area contributed by atoms with Crippen molar-refractivity contribution in [3.05, 3.63) is 52.7 Å². The average Bonchev–Trinajstić information content (AvgIpc) is 2.90. The zero-order valence-corrected chi connectivity index (χ0v) is 19.9. The monoisotopic (exact) mass is 531 g/mol.